The molecule has 3 heteroatoms. The van der Waals surface area contributed by atoms with E-state index in [4.69, 9.17) is 0 Å². The van der Waals surface area contributed by atoms with Gasteiger partial charge in [-0.05, 0) is 18.9 Å². The summed E-state index contributed by atoms with van der Waals surface area (Å²) in [5, 5.41) is 9.80. The Morgan fingerprint density at radius 1 is 1.43 bits per heavy atom. The maximum absolute atomic E-state index is 11.6. The maximum Gasteiger partial charge on any atom is 0.168 e. The van der Waals surface area contributed by atoms with Crippen molar-refractivity contribution in [2.24, 2.45) is 5.92 Å². The van der Waals surface area contributed by atoms with Crippen molar-refractivity contribution < 1.29 is 9.90 Å². The highest BCUT2D eigenvalue weighted by atomic mass is 79.9. The number of benzene rings is 1. The zero-order chi connectivity index (χ0) is 10.1. The fourth-order valence-corrected chi connectivity index (χ4v) is 1.94. The van der Waals surface area contributed by atoms with Crippen LogP contribution in [0.1, 0.15) is 24.5 Å². The SMILES string of the molecule is O=C(C1CC1)C(O)c1ccccc1Br. The van der Waals surface area contributed by atoms with Gasteiger partial charge >= 0.3 is 0 Å². The molecule has 74 valence electrons. The number of Topliss-reactive ketones (excluding diaryl/α,β-unsaturated/α-hetero) is 1. The summed E-state index contributed by atoms with van der Waals surface area (Å²) in [5.41, 5.74) is 0.671. The maximum atomic E-state index is 11.6. The number of ketones is 1. The van der Waals surface area contributed by atoms with E-state index in [-0.39, 0.29) is 11.7 Å². The van der Waals surface area contributed by atoms with Crippen molar-refractivity contribution in [2.45, 2.75) is 18.9 Å². The molecule has 2 rings (SSSR count). The first-order valence-corrected chi connectivity index (χ1v) is 5.45. The summed E-state index contributed by atoms with van der Waals surface area (Å²) in [6, 6.07) is 7.29. The van der Waals surface area contributed by atoms with E-state index < -0.39 is 6.10 Å². The summed E-state index contributed by atoms with van der Waals surface area (Å²) in [6.45, 7) is 0. The third kappa shape index (κ3) is 1.88. The number of rotatable bonds is 3. The Hall–Kier alpha value is -0.670. The lowest BCUT2D eigenvalue weighted by atomic mass is 10.0. The molecule has 1 aliphatic carbocycles. The average Bonchev–Trinajstić information content (AvgIpc) is 3.00. The summed E-state index contributed by atoms with van der Waals surface area (Å²) in [6.07, 6.45) is 0.902. The molecule has 1 unspecified atom stereocenters. The smallest absolute Gasteiger partial charge is 0.168 e. The van der Waals surface area contributed by atoms with Crippen LogP contribution in [0.2, 0.25) is 0 Å². The van der Waals surface area contributed by atoms with Gasteiger partial charge in [0.25, 0.3) is 0 Å². The van der Waals surface area contributed by atoms with Gasteiger partial charge < -0.3 is 5.11 Å². The van der Waals surface area contributed by atoms with E-state index in [0.29, 0.717) is 5.56 Å². The Morgan fingerprint density at radius 2 is 2.07 bits per heavy atom. The summed E-state index contributed by atoms with van der Waals surface area (Å²) < 4.78 is 0.793. The predicted molar refractivity (Wildman–Crippen MR) is 56.8 cm³/mol. The van der Waals surface area contributed by atoms with Crippen LogP contribution in [-0.4, -0.2) is 10.9 Å². The molecule has 14 heavy (non-hydrogen) atoms. The number of hydrogen-bond donors (Lipinski definition) is 1. The summed E-state index contributed by atoms with van der Waals surface area (Å²) in [4.78, 5) is 11.6. The molecule has 1 aliphatic rings. The number of carbonyl (C=O) groups excluding carboxylic acids is 1. The van der Waals surface area contributed by atoms with Crippen molar-refractivity contribution >= 4 is 21.7 Å². The molecule has 0 amide bonds. The summed E-state index contributed by atoms with van der Waals surface area (Å²) in [7, 11) is 0. The van der Waals surface area contributed by atoms with Crippen LogP contribution in [0.15, 0.2) is 28.7 Å². The molecule has 2 nitrogen and oxygen atoms in total. The molecular weight excluding hydrogens is 244 g/mol. The molecule has 1 saturated carbocycles. The van der Waals surface area contributed by atoms with Gasteiger partial charge in [0.1, 0.15) is 6.10 Å². The van der Waals surface area contributed by atoms with E-state index in [0.717, 1.165) is 17.3 Å². The molecule has 0 spiro atoms. The molecule has 0 aromatic heterocycles. The second-order valence-electron chi connectivity index (χ2n) is 3.60. The third-order valence-corrected chi connectivity index (χ3v) is 3.17. The third-order valence-electron chi connectivity index (χ3n) is 2.45. The van der Waals surface area contributed by atoms with Gasteiger partial charge in [0.2, 0.25) is 0 Å². The van der Waals surface area contributed by atoms with E-state index in [1.54, 1.807) is 6.07 Å². The quantitative estimate of drug-likeness (QED) is 0.900. The monoisotopic (exact) mass is 254 g/mol. The highest BCUT2D eigenvalue weighted by Crippen LogP contribution is 2.36. The summed E-state index contributed by atoms with van der Waals surface area (Å²) >= 11 is 3.32. The number of carbonyl (C=O) groups is 1. The van der Waals surface area contributed by atoms with E-state index in [1.807, 2.05) is 18.2 Å². The largest absolute Gasteiger partial charge is 0.380 e. The minimum Gasteiger partial charge on any atom is -0.380 e. The highest BCUT2D eigenvalue weighted by Gasteiger charge is 2.35. The van der Waals surface area contributed by atoms with Gasteiger partial charge in [0, 0.05) is 16.0 Å². The lowest BCUT2D eigenvalue weighted by Crippen LogP contribution is -2.14. The number of aliphatic hydroxyl groups is 1. The molecule has 1 N–H and O–H groups in total. The molecule has 1 fully saturated rings. The first-order valence-electron chi connectivity index (χ1n) is 4.66. The molecule has 0 bridgehead atoms. The van der Waals surface area contributed by atoms with E-state index >= 15 is 0 Å². The topological polar surface area (TPSA) is 37.3 Å². The Morgan fingerprint density at radius 3 is 2.64 bits per heavy atom. The van der Waals surface area contributed by atoms with Gasteiger partial charge in [-0.25, -0.2) is 0 Å². The van der Waals surface area contributed by atoms with Gasteiger partial charge in [0.15, 0.2) is 5.78 Å². The van der Waals surface area contributed by atoms with Crippen LogP contribution in [0.5, 0.6) is 0 Å². The average molecular weight is 255 g/mol. The molecule has 1 atom stereocenters. The molecule has 1 aromatic carbocycles. The van der Waals surface area contributed by atoms with Gasteiger partial charge in [0.05, 0.1) is 0 Å². The molecule has 0 saturated heterocycles. The zero-order valence-corrected chi connectivity index (χ0v) is 9.20. The van der Waals surface area contributed by atoms with Gasteiger partial charge in [-0.15, -0.1) is 0 Å². The van der Waals surface area contributed by atoms with Crippen molar-refractivity contribution in [3.8, 4) is 0 Å². The first-order chi connectivity index (χ1) is 6.70. The summed E-state index contributed by atoms with van der Waals surface area (Å²) in [5.74, 6) is 0.0500. The van der Waals surface area contributed by atoms with Gasteiger partial charge in [-0.1, -0.05) is 34.1 Å². The predicted octanol–water partition coefficient (Wildman–Crippen LogP) is 2.46. The molecule has 0 radical (unpaired) electrons. The van der Waals surface area contributed by atoms with Crippen LogP contribution in [0, 0.1) is 5.92 Å². The normalized spacial score (nSPS) is 17.9. The molecular formula is C11H11BrO2. The van der Waals surface area contributed by atoms with E-state index in [1.165, 1.54) is 0 Å². The van der Waals surface area contributed by atoms with Crippen LogP contribution in [0.4, 0.5) is 0 Å². The van der Waals surface area contributed by atoms with Crippen LogP contribution in [-0.2, 0) is 4.79 Å². The van der Waals surface area contributed by atoms with Crippen LogP contribution < -0.4 is 0 Å². The fraction of sp³-hybridized carbons (Fsp3) is 0.364. The number of aliphatic hydroxyl groups excluding tert-OH is 1. The standard InChI is InChI=1S/C11H11BrO2/c12-9-4-2-1-3-8(9)11(14)10(13)7-5-6-7/h1-4,7,11,14H,5-6H2. The van der Waals surface area contributed by atoms with E-state index in [9.17, 15) is 9.90 Å². The Kier molecular flexibility index (Phi) is 2.70. The molecule has 1 aromatic rings. The Balaban J connectivity index is 2.21. The molecule has 0 heterocycles. The fourth-order valence-electron chi connectivity index (χ4n) is 1.44. The van der Waals surface area contributed by atoms with Crippen molar-refractivity contribution in [3.05, 3.63) is 34.3 Å². The van der Waals surface area contributed by atoms with Crippen molar-refractivity contribution in [3.63, 3.8) is 0 Å². The van der Waals surface area contributed by atoms with E-state index in [2.05, 4.69) is 15.9 Å². The minimum atomic E-state index is -0.960. The van der Waals surface area contributed by atoms with Gasteiger partial charge in [-0.3, -0.25) is 4.79 Å². The highest BCUT2D eigenvalue weighted by molar-refractivity contribution is 9.10. The first kappa shape index (κ1) is 9.87. The van der Waals surface area contributed by atoms with Crippen LogP contribution in [0.3, 0.4) is 0 Å². The Bertz CT molecular complexity index is 358. The number of hydrogen-bond acceptors (Lipinski definition) is 2. The zero-order valence-electron chi connectivity index (χ0n) is 7.61. The number of halogens is 1. The second kappa shape index (κ2) is 3.83. The van der Waals surface area contributed by atoms with Crippen LogP contribution in [0.25, 0.3) is 0 Å². The van der Waals surface area contributed by atoms with Crippen molar-refractivity contribution in [1.29, 1.82) is 0 Å². The lowest BCUT2D eigenvalue weighted by molar-refractivity contribution is -0.128. The Labute approximate surface area is 91.1 Å². The second-order valence-corrected chi connectivity index (χ2v) is 4.46. The molecule has 0 aliphatic heterocycles. The van der Waals surface area contributed by atoms with Crippen molar-refractivity contribution in [1.82, 2.24) is 0 Å². The van der Waals surface area contributed by atoms with Gasteiger partial charge in [-0.2, -0.15) is 0 Å². The lowest BCUT2D eigenvalue weighted by Gasteiger charge is -2.10. The van der Waals surface area contributed by atoms with Crippen LogP contribution >= 0.6 is 15.9 Å². The minimum absolute atomic E-state index is 0.0445. The van der Waals surface area contributed by atoms with Crippen molar-refractivity contribution in [2.75, 3.05) is 0 Å².